The molecule has 0 aromatic heterocycles. The fraction of sp³-hybridized carbons (Fsp3) is 0.417. The molecule has 0 heterocycles. The number of nitrogens with two attached hydrogens (primary N) is 1. The monoisotopic (exact) mass is 302 g/mol. The van der Waals surface area contributed by atoms with Crippen molar-refractivity contribution in [2.24, 2.45) is 0 Å². The molecule has 1 aromatic carbocycles. The molecule has 0 aliphatic heterocycles. The number of aliphatic hydroxyl groups excluding tert-OH is 1. The number of nitrogen functional groups attached to an aromatic ring is 1. The van der Waals surface area contributed by atoms with E-state index in [-0.39, 0.29) is 22.8 Å². The van der Waals surface area contributed by atoms with Gasteiger partial charge in [-0.15, -0.1) is 0 Å². The van der Waals surface area contributed by atoms with E-state index >= 15 is 0 Å². The van der Waals surface area contributed by atoms with Gasteiger partial charge in [-0.2, -0.15) is 0 Å². The van der Waals surface area contributed by atoms with Gasteiger partial charge in [0.2, 0.25) is 10.0 Å². The number of carbonyl (C=O) groups excluding carboxylic acids is 1. The van der Waals surface area contributed by atoms with Crippen LogP contribution < -0.4 is 10.5 Å². The Morgan fingerprint density at radius 2 is 2.15 bits per heavy atom. The predicted molar refractivity (Wildman–Crippen MR) is 73.7 cm³/mol. The molecule has 1 rings (SSSR count). The molecule has 0 fully saturated rings. The number of esters is 1. The second-order valence-corrected chi connectivity index (χ2v) is 5.84. The van der Waals surface area contributed by atoms with Gasteiger partial charge in [0, 0.05) is 6.04 Å². The number of hydrogen-bond donors (Lipinski definition) is 3. The highest BCUT2D eigenvalue weighted by Crippen LogP contribution is 2.20. The minimum atomic E-state index is -3.85. The second kappa shape index (κ2) is 6.69. The summed E-state index contributed by atoms with van der Waals surface area (Å²) in [6.45, 7) is 1.43. The van der Waals surface area contributed by atoms with Gasteiger partial charge in [0.15, 0.2) is 0 Å². The van der Waals surface area contributed by atoms with Crippen molar-refractivity contribution in [2.45, 2.75) is 24.3 Å². The number of hydrogen-bond acceptors (Lipinski definition) is 6. The van der Waals surface area contributed by atoms with Crippen molar-refractivity contribution in [3.63, 3.8) is 0 Å². The zero-order chi connectivity index (χ0) is 15.3. The molecular weight excluding hydrogens is 284 g/mol. The third kappa shape index (κ3) is 3.69. The smallest absolute Gasteiger partial charge is 0.337 e. The van der Waals surface area contributed by atoms with E-state index in [1.807, 2.05) is 0 Å². The lowest BCUT2D eigenvalue weighted by Crippen LogP contribution is -2.37. The fourth-order valence-electron chi connectivity index (χ4n) is 1.57. The van der Waals surface area contributed by atoms with E-state index in [4.69, 9.17) is 10.8 Å². The average Bonchev–Trinajstić information content (AvgIpc) is 2.43. The average molecular weight is 302 g/mol. The summed E-state index contributed by atoms with van der Waals surface area (Å²) < 4.78 is 31.1. The Hall–Kier alpha value is -1.64. The van der Waals surface area contributed by atoms with Crippen LogP contribution in [0, 0.1) is 0 Å². The first kappa shape index (κ1) is 16.4. The largest absolute Gasteiger partial charge is 0.465 e. The molecule has 0 saturated carbocycles. The maximum Gasteiger partial charge on any atom is 0.337 e. The Labute approximate surface area is 117 Å². The predicted octanol–water partition coefficient (Wildman–Crippen LogP) is 0.105. The topological polar surface area (TPSA) is 119 Å². The summed E-state index contributed by atoms with van der Waals surface area (Å²) in [7, 11) is -2.63. The SMILES string of the molecule is CC[C@H](CO)NS(=O)(=O)c1ccc(C(=O)OC)cc1N. The summed E-state index contributed by atoms with van der Waals surface area (Å²) in [4.78, 5) is 11.2. The first-order valence-corrected chi connectivity index (χ1v) is 7.45. The zero-order valence-electron chi connectivity index (χ0n) is 11.3. The number of aliphatic hydroxyl groups is 1. The van der Waals surface area contributed by atoms with Gasteiger partial charge in [-0.25, -0.2) is 17.9 Å². The highest BCUT2D eigenvalue weighted by atomic mass is 32.2. The molecule has 20 heavy (non-hydrogen) atoms. The maximum absolute atomic E-state index is 12.1. The van der Waals surface area contributed by atoms with Crippen LogP contribution in [0.25, 0.3) is 0 Å². The lowest BCUT2D eigenvalue weighted by atomic mass is 10.2. The molecule has 112 valence electrons. The summed E-state index contributed by atoms with van der Waals surface area (Å²) in [5, 5.41) is 9.03. The summed E-state index contributed by atoms with van der Waals surface area (Å²) in [6.07, 6.45) is 0.440. The lowest BCUT2D eigenvalue weighted by Gasteiger charge is -2.15. The molecule has 0 bridgehead atoms. The van der Waals surface area contributed by atoms with Gasteiger partial charge in [-0.1, -0.05) is 6.92 Å². The van der Waals surface area contributed by atoms with Crippen molar-refractivity contribution in [1.29, 1.82) is 0 Å². The van der Waals surface area contributed by atoms with E-state index in [1.165, 1.54) is 25.3 Å². The van der Waals surface area contributed by atoms with Crippen LogP contribution in [0.5, 0.6) is 0 Å². The van der Waals surface area contributed by atoms with E-state index in [0.29, 0.717) is 6.42 Å². The Bertz CT molecular complexity index is 582. The lowest BCUT2D eigenvalue weighted by molar-refractivity contribution is 0.0600. The number of ether oxygens (including phenoxy) is 1. The highest BCUT2D eigenvalue weighted by molar-refractivity contribution is 7.89. The van der Waals surface area contributed by atoms with Crippen LogP contribution in [0.1, 0.15) is 23.7 Å². The van der Waals surface area contributed by atoms with Gasteiger partial charge in [0.25, 0.3) is 0 Å². The molecule has 1 aromatic rings. The zero-order valence-corrected chi connectivity index (χ0v) is 12.1. The third-order valence-corrected chi connectivity index (χ3v) is 4.35. The molecule has 8 heteroatoms. The van der Waals surface area contributed by atoms with E-state index < -0.39 is 22.0 Å². The molecular formula is C12H18N2O5S. The first-order chi connectivity index (χ1) is 9.35. The van der Waals surface area contributed by atoms with Gasteiger partial charge < -0.3 is 15.6 Å². The second-order valence-electron chi connectivity index (χ2n) is 4.15. The Morgan fingerprint density at radius 1 is 1.50 bits per heavy atom. The molecule has 0 radical (unpaired) electrons. The van der Waals surface area contributed by atoms with Gasteiger partial charge in [0.05, 0.1) is 25.0 Å². The van der Waals surface area contributed by atoms with Crippen molar-refractivity contribution in [1.82, 2.24) is 4.72 Å². The van der Waals surface area contributed by atoms with Crippen molar-refractivity contribution in [3.8, 4) is 0 Å². The summed E-state index contributed by atoms with van der Waals surface area (Å²) in [5.74, 6) is -0.601. The molecule has 0 spiro atoms. The molecule has 7 nitrogen and oxygen atoms in total. The van der Waals surface area contributed by atoms with Crippen molar-refractivity contribution in [3.05, 3.63) is 23.8 Å². The van der Waals surface area contributed by atoms with Crippen LogP contribution in [0.2, 0.25) is 0 Å². The third-order valence-electron chi connectivity index (χ3n) is 2.76. The Kier molecular flexibility index (Phi) is 5.49. The number of anilines is 1. The molecule has 0 aliphatic carbocycles. The van der Waals surface area contributed by atoms with Gasteiger partial charge in [-0.3, -0.25) is 0 Å². The molecule has 0 amide bonds. The van der Waals surface area contributed by atoms with Crippen molar-refractivity contribution in [2.75, 3.05) is 19.5 Å². The van der Waals surface area contributed by atoms with Crippen molar-refractivity contribution >= 4 is 21.7 Å². The molecule has 0 saturated heterocycles. The van der Waals surface area contributed by atoms with Crippen LogP contribution in [0.15, 0.2) is 23.1 Å². The van der Waals surface area contributed by atoms with E-state index in [9.17, 15) is 13.2 Å². The summed E-state index contributed by atoms with van der Waals surface area (Å²) >= 11 is 0. The maximum atomic E-state index is 12.1. The van der Waals surface area contributed by atoms with Crippen LogP contribution >= 0.6 is 0 Å². The minimum Gasteiger partial charge on any atom is -0.465 e. The number of rotatable bonds is 6. The number of benzene rings is 1. The number of methoxy groups -OCH3 is 1. The Morgan fingerprint density at radius 3 is 2.60 bits per heavy atom. The number of nitrogens with one attached hydrogen (secondary N) is 1. The van der Waals surface area contributed by atoms with Gasteiger partial charge in [0.1, 0.15) is 4.90 Å². The molecule has 4 N–H and O–H groups in total. The standard InChI is InChI=1S/C12H18N2O5S/c1-3-9(7-15)14-20(17,18)11-5-4-8(6-10(11)13)12(16)19-2/h4-6,9,14-15H,3,7,13H2,1-2H3/t9-/m1/s1. The summed E-state index contributed by atoms with van der Waals surface area (Å²) in [6, 6.07) is 3.20. The normalized spacial score (nSPS) is 12.9. The van der Waals surface area contributed by atoms with E-state index in [1.54, 1.807) is 6.92 Å². The first-order valence-electron chi connectivity index (χ1n) is 5.96. The number of carbonyl (C=O) groups is 1. The highest BCUT2D eigenvalue weighted by Gasteiger charge is 2.22. The Balaban J connectivity index is 3.11. The molecule has 1 atom stereocenters. The number of sulfonamides is 1. The fourth-order valence-corrected chi connectivity index (χ4v) is 2.99. The van der Waals surface area contributed by atoms with Crippen LogP contribution in [-0.4, -0.2) is 39.3 Å². The molecule has 0 aliphatic rings. The van der Waals surface area contributed by atoms with Gasteiger partial charge >= 0.3 is 5.97 Å². The summed E-state index contributed by atoms with van der Waals surface area (Å²) in [5.41, 5.74) is 5.77. The van der Waals surface area contributed by atoms with Crippen LogP contribution in [0.4, 0.5) is 5.69 Å². The minimum absolute atomic E-state index is 0.0619. The van der Waals surface area contributed by atoms with Crippen LogP contribution in [0.3, 0.4) is 0 Å². The van der Waals surface area contributed by atoms with E-state index in [0.717, 1.165) is 0 Å². The molecule has 0 unspecified atom stereocenters. The van der Waals surface area contributed by atoms with Crippen LogP contribution in [-0.2, 0) is 14.8 Å². The van der Waals surface area contributed by atoms with E-state index in [2.05, 4.69) is 9.46 Å². The van der Waals surface area contributed by atoms with Crippen molar-refractivity contribution < 1.29 is 23.1 Å². The quantitative estimate of drug-likeness (QED) is 0.507. The van der Waals surface area contributed by atoms with Gasteiger partial charge in [-0.05, 0) is 24.6 Å².